The molecule has 0 unspecified atom stereocenters. The van der Waals surface area contributed by atoms with Crippen molar-refractivity contribution in [2.45, 2.75) is 19.8 Å². The molecule has 0 radical (unpaired) electrons. The van der Waals surface area contributed by atoms with Crippen molar-refractivity contribution >= 4 is 34.6 Å². The molecule has 0 aliphatic carbocycles. The first-order chi connectivity index (χ1) is 15.9. The van der Waals surface area contributed by atoms with Gasteiger partial charge in [0.2, 0.25) is 0 Å². The number of carbonyl (C=O) groups is 2. The Morgan fingerprint density at radius 3 is 2.58 bits per heavy atom. The number of ketones is 1. The highest BCUT2D eigenvalue weighted by molar-refractivity contribution is 6.33. The minimum Gasteiger partial charge on any atom is -0.505 e. The van der Waals surface area contributed by atoms with Gasteiger partial charge in [0.25, 0.3) is 0 Å². The van der Waals surface area contributed by atoms with Crippen molar-refractivity contribution in [1.82, 2.24) is 4.90 Å². The van der Waals surface area contributed by atoms with Crippen molar-refractivity contribution < 1.29 is 23.8 Å². The zero-order valence-corrected chi connectivity index (χ0v) is 19.0. The van der Waals surface area contributed by atoms with Crippen LogP contribution >= 0.6 is 11.6 Å². The fourth-order valence-corrected chi connectivity index (χ4v) is 4.37. The number of fused-ring (bicyclic) bond motifs is 1. The van der Waals surface area contributed by atoms with Crippen LogP contribution in [-0.4, -0.2) is 54.9 Å². The molecule has 7 nitrogen and oxygen atoms in total. The molecule has 1 saturated heterocycles. The van der Waals surface area contributed by atoms with E-state index in [1.165, 1.54) is 6.07 Å². The van der Waals surface area contributed by atoms with Gasteiger partial charge in [-0.25, -0.2) is 4.79 Å². The molecule has 1 N–H and O–H groups in total. The largest absolute Gasteiger partial charge is 0.505 e. The maximum absolute atomic E-state index is 12.8. The summed E-state index contributed by atoms with van der Waals surface area (Å²) in [5.74, 6) is -0.374. The van der Waals surface area contributed by atoms with E-state index in [1.54, 1.807) is 31.2 Å². The summed E-state index contributed by atoms with van der Waals surface area (Å²) in [4.78, 5) is 39.1. The Bertz CT molecular complexity index is 1260. The molecule has 33 heavy (non-hydrogen) atoms. The topological polar surface area (TPSA) is 97.0 Å². The summed E-state index contributed by atoms with van der Waals surface area (Å²) in [6, 6.07) is 8.30. The fourth-order valence-electron chi connectivity index (χ4n) is 4.16. The average Bonchev–Trinajstić information content (AvgIpc) is 2.82. The third kappa shape index (κ3) is 4.71. The maximum Gasteiger partial charge on any atom is 0.344 e. The molecule has 0 bridgehead atoms. The lowest BCUT2D eigenvalue weighted by atomic mass is 9.96. The molecule has 0 atom stereocenters. The number of halogens is 1. The van der Waals surface area contributed by atoms with Gasteiger partial charge < -0.3 is 14.3 Å². The first kappa shape index (κ1) is 23.2. The number of rotatable bonds is 7. The van der Waals surface area contributed by atoms with Crippen molar-refractivity contribution in [1.29, 1.82) is 0 Å². The van der Waals surface area contributed by atoms with Crippen LogP contribution in [-0.2, 0) is 4.74 Å². The van der Waals surface area contributed by atoms with E-state index >= 15 is 0 Å². The molecule has 4 rings (SSSR count). The van der Waals surface area contributed by atoms with Crippen molar-refractivity contribution in [3.8, 4) is 16.9 Å². The average molecular weight is 470 g/mol. The number of morpholine rings is 1. The first-order valence-electron chi connectivity index (χ1n) is 10.8. The van der Waals surface area contributed by atoms with E-state index in [0.29, 0.717) is 40.3 Å². The van der Waals surface area contributed by atoms with E-state index in [-0.39, 0.29) is 22.0 Å². The second-order valence-corrected chi connectivity index (χ2v) is 8.47. The van der Waals surface area contributed by atoms with E-state index in [2.05, 4.69) is 4.90 Å². The second kappa shape index (κ2) is 9.87. The summed E-state index contributed by atoms with van der Waals surface area (Å²) in [7, 11) is 0. The smallest absolute Gasteiger partial charge is 0.344 e. The molecule has 0 amide bonds. The van der Waals surface area contributed by atoms with Crippen LogP contribution in [0.5, 0.6) is 5.75 Å². The molecule has 172 valence electrons. The predicted octanol–water partition coefficient (Wildman–Crippen LogP) is 4.24. The maximum atomic E-state index is 12.8. The van der Waals surface area contributed by atoms with Gasteiger partial charge in [-0.3, -0.25) is 14.5 Å². The molecular formula is C25H24ClNO6. The molecule has 1 aromatic heterocycles. The molecule has 1 aliphatic rings. The normalized spacial score (nSPS) is 14.5. The molecule has 1 fully saturated rings. The zero-order valence-electron chi connectivity index (χ0n) is 18.2. The number of aromatic hydroxyl groups is 1. The number of nitrogens with zero attached hydrogens (tertiary/aromatic N) is 1. The lowest BCUT2D eigenvalue weighted by Gasteiger charge is -2.26. The van der Waals surface area contributed by atoms with E-state index < -0.39 is 11.4 Å². The Balaban J connectivity index is 1.56. The Morgan fingerprint density at radius 2 is 1.91 bits per heavy atom. The third-order valence-electron chi connectivity index (χ3n) is 6.01. The van der Waals surface area contributed by atoms with E-state index in [0.717, 1.165) is 39.3 Å². The highest BCUT2D eigenvalue weighted by Gasteiger charge is 2.20. The van der Waals surface area contributed by atoms with Gasteiger partial charge in [-0.2, -0.15) is 0 Å². The lowest BCUT2D eigenvalue weighted by Crippen LogP contribution is -2.36. The number of hydrogen-bond donors (Lipinski definition) is 1. The number of carbonyl (C=O) groups excluding carboxylic acids is 2. The third-order valence-corrected chi connectivity index (χ3v) is 6.30. The number of phenolic OH excluding ortho intramolecular Hbond substituents is 1. The number of hydrogen-bond acceptors (Lipinski definition) is 7. The van der Waals surface area contributed by atoms with Crippen molar-refractivity contribution in [2.24, 2.45) is 0 Å². The molecule has 1 aliphatic heterocycles. The lowest BCUT2D eigenvalue weighted by molar-refractivity contribution is 0.0371. The van der Waals surface area contributed by atoms with Crippen LogP contribution in [0.1, 0.15) is 39.1 Å². The number of phenols is 1. The van der Waals surface area contributed by atoms with Crippen LogP contribution < -0.4 is 5.63 Å². The van der Waals surface area contributed by atoms with E-state index in [1.807, 2.05) is 0 Å². The molecule has 2 heterocycles. The van der Waals surface area contributed by atoms with Crippen molar-refractivity contribution in [3.63, 3.8) is 0 Å². The number of aldehydes is 1. The molecule has 0 saturated carbocycles. The fraction of sp³-hybridized carbons (Fsp3) is 0.320. The monoisotopic (exact) mass is 469 g/mol. The van der Waals surface area contributed by atoms with Crippen LogP contribution in [0.4, 0.5) is 0 Å². The van der Waals surface area contributed by atoms with Crippen LogP contribution in [0.15, 0.2) is 39.5 Å². The molecular weight excluding hydrogens is 446 g/mol. The zero-order chi connectivity index (χ0) is 23.5. The Hall–Kier alpha value is -3.00. The van der Waals surface area contributed by atoms with Crippen molar-refractivity contribution in [2.75, 3.05) is 32.8 Å². The van der Waals surface area contributed by atoms with Crippen LogP contribution in [0.2, 0.25) is 5.02 Å². The van der Waals surface area contributed by atoms with E-state index in [4.69, 9.17) is 20.8 Å². The van der Waals surface area contributed by atoms with Gasteiger partial charge in [0, 0.05) is 30.5 Å². The van der Waals surface area contributed by atoms with Gasteiger partial charge in [-0.15, -0.1) is 0 Å². The standard InChI is InChI=1S/C25H24ClNO6/c1-15-18-13-20(26)23(30)19(14-28)24(18)33-25(31)22(15)17-6-4-16(5-7-17)21(29)3-2-8-27-9-11-32-12-10-27/h4-7,13-14,30H,2-3,8-12H2,1H3. The van der Waals surface area contributed by atoms with Gasteiger partial charge in [0.1, 0.15) is 11.3 Å². The summed E-state index contributed by atoms with van der Waals surface area (Å²) in [5.41, 5.74) is 1.23. The second-order valence-electron chi connectivity index (χ2n) is 8.06. The van der Waals surface area contributed by atoms with Crippen LogP contribution in [0.25, 0.3) is 22.1 Å². The van der Waals surface area contributed by atoms with E-state index in [9.17, 15) is 19.5 Å². The Kier molecular flexibility index (Phi) is 6.93. The molecule has 3 aromatic rings. The number of aryl methyl sites for hydroxylation is 1. The molecule has 8 heteroatoms. The minimum absolute atomic E-state index is 0.00878. The summed E-state index contributed by atoms with van der Waals surface area (Å²) in [5, 5.41) is 10.5. The Morgan fingerprint density at radius 1 is 1.21 bits per heavy atom. The summed E-state index contributed by atoms with van der Waals surface area (Å²) in [6.07, 6.45) is 1.63. The SMILES string of the molecule is Cc1c(-c2ccc(C(=O)CCCN3CCOCC3)cc2)c(=O)oc2c(C=O)c(O)c(Cl)cc12. The first-order valence-corrected chi connectivity index (χ1v) is 11.2. The summed E-state index contributed by atoms with van der Waals surface area (Å²) < 4.78 is 10.7. The molecule has 2 aromatic carbocycles. The quantitative estimate of drug-likeness (QED) is 0.314. The number of benzene rings is 2. The van der Waals surface area contributed by atoms with Gasteiger partial charge in [0.05, 0.1) is 23.8 Å². The highest BCUT2D eigenvalue weighted by Crippen LogP contribution is 2.36. The summed E-state index contributed by atoms with van der Waals surface area (Å²) >= 11 is 6.05. The summed E-state index contributed by atoms with van der Waals surface area (Å²) in [6.45, 7) is 5.86. The minimum atomic E-state index is -0.644. The van der Waals surface area contributed by atoms with Crippen molar-refractivity contribution in [3.05, 3.63) is 62.5 Å². The highest BCUT2D eigenvalue weighted by atomic mass is 35.5. The number of Topliss-reactive ketones (excluding diaryl/α,β-unsaturated/α-hetero) is 1. The predicted molar refractivity (Wildman–Crippen MR) is 126 cm³/mol. The van der Waals surface area contributed by atoms with Gasteiger partial charge in [-0.05, 0) is 37.1 Å². The molecule has 0 spiro atoms. The van der Waals surface area contributed by atoms with Crippen LogP contribution in [0.3, 0.4) is 0 Å². The van der Waals surface area contributed by atoms with Gasteiger partial charge in [0.15, 0.2) is 17.7 Å². The van der Waals surface area contributed by atoms with Gasteiger partial charge in [-0.1, -0.05) is 35.9 Å². The number of ether oxygens (including phenoxy) is 1. The Labute approximate surface area is 195 Å². The van der Waals surface area contributed by atoms with Gasteiger partial charge >= 0.3 is 5.63 Å². The van der Waals surface area contributed by atoms with Crippen LogP contribution in [0, 0.1) is 6.92 Å².